The van der Waals surface area contributed by atoms with Gasteiger partial charge in [0.1, 0.15) is 6.20 Å². The fourth-order valence-corrected chi connectivity index (χ4v) is 0.479. The number of nitrogens with zero attached hydrogens (tertiary/aromatic N) is 2. The molecule has 0 fully saturated rings. The molecule has 2 nitrogen and oxygen atoms in total. The highest BCUT2D eigenvalue weighted by molar-refractivity contribution is 5.02. The van der Waals surface area contributed by atoms with E-state index in [-0.39, 0.29) is 0 Å². The summed E-state index contributed by atoms with van der Waals surface area (Å²) < 4.78 is 0. The first-order valence-corrected chi connectivity index (χ1v) is 2.61. The van der Waals surface area contributed by atoms with Gasteiger partial charge in [-0.2, -0.15) is 5.10 Å². The second-order valence-corrected chi connectivity index (χ2v) is 1.55. The van der Waals surface area contributed by atoms with Gasteiger partial charge in [-0.25, -0.2) is 0 Å². The maximum atomic E-state index is 3.65. The molecule has 0 saturated heterocycles. The zero-order valence-corrected chi connectivity index (χ0v) is 4.76. The smallest absolute Gasteiger partial charge is 0.113 e. The molecule has 0 saturated carbocycles. The average Bonchev–Trinajstić information content (AvgIpc) is 1.90. The van der Waals surface area contributed by atoms with Crippen LogP contribution in [0.3, 0.4) is 0 Å². The highest BCUT2D eigenvalue weighted by atomic mass is 15.1. The summed E-state index contributed by atoms with van der Waals surface area (Å²) in [6.07, 6.45) is 5.40. The minimum absolute atomic E-state index is 1.01. The lowest BCUT2D eigenvalue weighted by molar-refractivity contribution is 0.976. The molecule has 1 aromatic rings. The summed E-state index contributed by atoms with van der Waals surface area (Å²) in [5.74, 6) is 0. The van der Waals surface area contributed by atoms with Crippen LogP contribution in [-0.4, -0.2) is 10.2 Å². The molecular weight excluding hydrogens is 100 g/mol. The maximum absolute atomic E-state index is 3.65. The quantitative estimate of drug-likeness (QED) is 0.531. The summed E-state index contributed by atoms with van der Waals surface area (Å²) in [5, 5.41) is 7.17. The number of hydrogen-bond acceptors (Lipinski definition) is 2. The first-order chi connectivity index (χ1) is 3.93. The molecule has 2 heteroatoms. The summed E-state index contributed by atoms with van der Waals surface area (Å²) in [7, 11) is 0. The van der Waals surface area contributed by atoms with Crippen LogP contribution in [0.5, 0.6) is 0 Å². The molecule has 41 valence electrons. The minimum atomic E-state index is 1.01. The van der Waals surface area contributed by atoms with Crippen molar-refractivity contribution >= 4 is 0 Å². The number of hydrogen-bond donors (Lipinski definition) is 0. The van der Waals surface area contributed by atoms with E-state index < -0.39 is 0 Å². The van der Waals surface area contributed by atoms with Crippen molar-refractivity contribution in [2.45, 2.75) is 13.3 Å². The van der Waals surface area contributed by atoms with Gasteiger partial charge in [0.15, 0.2) is 0 Å². The molecule has 8 heavy (non-hydrogen) atoms. The Balaban J connectivity index is 2.83. The van der Waals surface area contributed by atoms with Gasteiger partial charge >= 0.3 is 0 Å². The van der Waals surface area contributed by atoms with Crippen molar-refractivity contribution in [1.29, 1.82) is 0 Å². The van der Waals surface area contributed by atoms with Crippen molar-refractivity contribution in [2.24, 2.45) is 0 Å². The summed E-state index contributed by atoms with van der Waals surface area (Å²) in [6, 6.07) is 1.84. The lowest BCUT2D eigenvalue weighted by Crippen LogP contribution is -1.82. The zero-order chi connectivity index (χ0) is 5.82. The Kier molecular flexibility index (Phi) is 1.57. The molecule has 1 aromatic heterocycles. The molecule has 0 aliphatic rings. The van der Waals surface area contributed by atoms with Gasteiger partial charge in [-0.3, -0.25) is 0 Å². The van der Waals surface area contributed by atoms with E-state index in [4.69, 9.17) is 0 Å². The van der Waals surface area contributed by atoms with Crippen LogP contribution in [-0.2, 0) is 6.42 Å². The molecule has 0 atom stereocenters. The SMILES string of the molecule is CCc1c[c]nnc1. The number of aryl methyl sites for hydroxylation is 1. The second-order valence-electron chi connectivity index (χ2n) is 1.55. The van der Waals surface area contributed by atoms with E-state index in [9.17, 15) is 0 Å². The van der Waals surface area contributed by atoms with Gasteiger partial charge in [-0.1, -0.05) is 6.92 Å². The highest BCUT2D eigenvalue weighted by Gasteiger charge is 1.82. The van der Waals surface area contributed by atoms with Crippen molar-refractivity contribution in [3.8, 4) is 0 Å². The number of rotatable bonds is 1. The Morgan fingerprint density at radius 3 is 3.00 bits per heavy atom. The molecule has 0 aliphatic carbocycles. The van der Waals surface area contributed by atoms with Crippen LogP contribution in [0.1, 0.15) is 12.5 Å². The molecule has 1 heterocycles. The third-order valence-electron chi connectivity index (χ3n) is 0.997. The van der Waals surface area contributed by atoms with Crippen LogP contribution in [0.4, 0.5) is 0 Å². The van der Waals surface area contributed by atoms with Crippen molar-refractivity contribution in [1.82, 2.24) is 10.2 Å². The van der Waals surface area contributed by atoms with Crippen LogP contribution in [0.2, 0.25) is 0 Å². The zero-order valence-electron chi connectivity index (χ0n) is 4.76. The standard InChI is InChI=1S/C6H7N2/c1-2-6-3-4-7-8-5-6/h3,5H,2H2,1H3. The van der Waals surface area contributed by atoms with Crippen LogP contribution in [0.15, 0.2) is 12.3 Å². The van der Waals surface area contributed by atoms with Crippen LogP contribution in [0.25, 0.3) is 0 Å². The Morgan fingerprint density at radius 2 is 2.62 bits per heavy atom. The van der Waals surface area contributed by atoms with E-state index in [1.54, 1.807) is 6.20 Å². The molecule has 0 N–H and O–H groups in total. The Bertz CT molecular complexity index is 148. The van der Waals surface area contributed by atoms with E-state index in [0.29, 0.717) is 0 Å². The lowest BCUT2D eigenvalue weighted by atomic mass is 10.2. The summed E-state index contributed by atoms with van der Waals surface area (Å²) >= 11 is 0. The summed E-state index contributed by atoms with van der Waals surface area (Å²) in [5.41, 5.74) is 1.18. The van der Waals surface area contributed by atoms with E-state index >= 15 is 0 Å². The Labute approximate surface area is 48.6 Å². The third kappa shape index (κ3) is 1.03. The average molecular weight is 107 g/mol. The minimum Gasteiger partial charge on any atom is -0.158 e. The largest absolute Gasteiger partial charge is 0.158 e. The van der Waals surface area contributed by atoms with Crippen LogP contribution < -0.4 is 0 Å². The van der Waals surface area contributed by atoms with Gasteiger partial charge in [-0.05, 0) is 18.1 Å². The molecule has 0 bridgehead atoms. The fourth-order valence-electron chi connectivity index (χ4n) is 0.479. The van der Waals surface area contributed by atoms with Gasteiger partial charge in [-0.15, -0.1) is 5.10 Å². The summed E-state index contributed by atoms with van der Waals surface area (Å²) in [4.78, 5) is 0. The normalized spacial score (nSPS) is 9.12. The van der Waals surface area contributed by atoms with Gasteiger partial charge in [0.05, 0.1) is 6.20 Å². The third-order valence-corrected chi connectivity index (χ3v) is 0.997. The molecule has 0 spiro atoms. The Morgan fingerprint density at radius 1 is 1.75 bits per heavy atom. The molecule has 0 unspecified atom stereocenters. The predicted octanol–water partition coefficient (Wildman–Crippen LogP) is 0.839. The maximum Gasteiger partial charge on any atom is 0.113 e. The van der Waals surface area contributed by atoms with Crippen molar-refractivity contribution in [3.05, 3.63) is 24.0 Å². The van der Waals surface area contributed by atoms with Gasteiger partial charge < -0.3 is 0 Å². The van der Waals surface area contributed by atoms with E-state index in [0.717, 1.165) is 6.42 Å². The Hall–Kier alpha value is -0.920. The van der Waals surface area contributed by atoms with E-state index in [1.165, 1.54) is 5.56 Å². The molecule has 0 aromatic carbocycles. The predicted molar refractivity (Wildman–Crippen MR) is 30.2 cm³/mol. The fraction of sp³-hybridized carbons (Fsp3) is 0.333. The molecule has 1 rings (SSSR count). The van der Waals surface area contributed by atoms with E-state index in [1.807, 2.05) is 6.07 Å². The van der Waals surface area contributed by atoms with Crippen LogP contribution >= 0.6 is 0 Å². The van der Waals surface area contributed by atoms with Crippen molar-refractivity contribution in [3.63, 3.8) is 0 Å². The molecule has 0 amide bonds. The van der Waals surface area contributed by atoms with Crippen molar-refractivity contribution in [2.75, 3.05) is 0 Å². The topological polar surface area (TPSA) is 25.8 Å². The van der Waals surface area contributed by atoms with E-state index in [2.05, 4.69) is 23.3 Å². The number of aromatic nitrogens is 2. The lowest BCUT2D eigenvalue weighted by Gasteiger charge is -1.87. The highest BCUT2D eigenvalue weighted by Crippen LogP contribution is 1.91. The monoisotopic (exact) mass is 107 g/mol. The van der Waals surface area contributed by atoms with Gasteiger partial charge in [0.2, 0.25) is 0 Å². The molecule has 1 radical (unpaired) electrons. The molecular formula is C6H7N2. The first-order valence-electron chi connectivity index (χ1n) is 2.61. The molecule has 0 aliphatic heterocycles. The van der Waals surface area contributed by atoms with Crippen molar-refractivity contribution < 1.29 is 0 Å². The van der Waals surface area contributed by atoms with Gasteiger partial charge in [0.25, 0.3) is 0 Å². The van der Waals surface area contributed by atoms with Crippen LogP contribution in [0, 0.1) is 6.20 Å². The first kappa shape index (κ1) is 5.22. The van der Waals surface area contributed by atoms with Gasteiger partial charge in [0, 0.05) is 0 Å². The summed E-state index contributed by atoms with van der Waals surface area (Å²) in [6.45, 7) is 2.07. The second kappa shape index (κ2) is 2.40.